The number of nitrogens with zero attached hydrogens (tertiary/aromatic N) is 3. The summed E-state index contributed by atoms with van der Waals surface area (Å²) in [5, 5.41) is 6.43. The van der Waals surface area contributed by atoms with E-state index in [0.717, 1.165) is 43.0 Å². The zero-order valence-corrected chi connectivity index (χ0v) is 17.0. The minimum Gasteiger partial charge on any atom is -0.355 e. The third-order valence-electron chi connectivity index (χ3n) is 4.66. The van der Waals surface area contributed by atoms with E-state index in [1.165, 1.54) is 0 Å². The molecular weight excluding hydrogens is 409 g/mol. The highest BCUT2D eigenvalue weighted by Gasteiger charge is 2.19. The molecule has 2 amide bonds. The van der Waals surface area contributed by atoms with Crippen LogP contribution < -0.4 is 15.5 Å². The third-order valence-corrected chi connectivity index (χ3v) is 5.22. The van der Waals surface area contributed by atoms with E-state index in [1.807, 2.05) is 24.3 Å². The molecule has 2 heterocycles. The van der Waals surface area contributed by atoms with Crippen LogP contribution in [0.4, 0.5) is 22.0 Å². The van der Waals surface area contributed by atoms with Gasteiger partial charge in [-0.2, -0.15) is 0 Å². The average molecular weight is 428 g/mol. The Hall–Kier alpha value is -2.83. The molecule has 8 heteroatoms. The topological polar surface area (TPSA) is 70.2 Å². The molecule has 148 valence electrons. The Morgan fingerprint density at radius 1 is 0.966 bits per heavy atom. The average Bonchev–Trinajstić information content (AvgIpc) is 3.26. The van der Waals surface area contributed by atoms with Crippen molar-refractivity contribution in [3.8, 4) is 11.3 Å². The van der Waals surface area contributed by atoms with Crippen molar-refractivity contribution in [3.63, 3.8) is 0 Å². The molecule has 0 bridgehead atoms. The van der Waals surface area contributed by atoms with Crippen LogP contribution in [0.1, 0.15) is 12.8 Å². The Kier molecular flexibility index (Phi) is 5.83. The first-order valence-electron chi connectivity index (χ1n) is 9.29. The maximum Gasteiger partial charge on any atom is 0.323 e. The minimum absolute atomic E-state index is 0.410. The summed E-state index contributed by atoms with van der Waals surface area (Å²) in [5.41, 5.74) is 2.77. The zero-order valence-electron chi connectivity index (χ0n) is 15.5. The van der Waals surface area contributed by atoms with Crippen LogP contribution in [0.5, 0.6) is 0 Å². The monoisotopic (exact) mass is 427 g/mol. The number of nitrogens with one attached hydrogen (secondary N) is 2. The predicted molar refractivity (Wildman–Crippen MR) is 118 cm³/mol. The third kappa shape index (κ3) is 4.60. The van der Waals surface area contributed by atoms with E-state index >= 15 is 0 Å². The molecule has 1 fully saturated rings. The lowest BCUT2D eigenvalue weighted by molar-refractivity contribution is 0.262. The summed E-state index contributed by atoms with van der Waals surface area (Å²) in [6.07, 6.45) is 5.71. The van der Waals surface area contributed by atoms with Gasteiger partial charge in [0.25, 0.3) is 0 Å². The van der Waals surface area contributed by atoms with E-state index in [1.54, 1.807) is 30.6 Å². The molecule has 2 N–H and O–H groups in total. The van der Waals surface area contributed by atoms with Crippen LogP contribution in [-0.4, -0.2) is 29.1 Å². The highest BCUT2D eigenvalue weighted by atomic mass is 35.5. The van der Waals surface area contributed by atoms with E-state index in [0.29, 0.717) is 21.4 Å². The lowest BCUT2D eigenvalue weighted by Gasteiger charge is -2.19. The Morgan fingerprint density at radius 3 is 2.59 bits per heavy atom. The van der Waals surface area contributed by atoms with Crippen molar-refractivity contribution in [1.29, 1.82) is 0 Å². The van der Waals surface area contributed by atoms with Gasteiger partial charge >= 0.3 is 6.03 Å². The van der Waals surface area contributed by atoms with Crippen LogP contribution in [0, 0.1) is 0 Å². The summed E-state index contributed by atoms with van der Waals surface area (Å²) in [6, 6.07) is 12.0. The smallest absolute Gasteiger partial charge is 0.323 e. The fraction of sp³-hybridized carbons (Fsp3) is 0.190. The Labute approximate surface area is 178 Å². The minimum atomic E-state index is -0.412. The van der Waals surface area contributed by atoms with Crippen molar-refractivity contribution in [2.24, 2.45) is 0 Å². The Bertz CT molecular complexity index is 1040. The lowest BCUT2D eigenvalue weighted by atomic mass is 10.1. The van der Waals surface area contributed by atoms with Crippen molar-refractivity contribution < 1.29 is 4.79 Å². The van der Waals surface area contributed by atoms with Gasteiger partial charge in [0.05, 0.1) is 10.7 Å². The van der Waals surface area contributed by atoms with Gasteiger partial charge in [-0.3, -0.25) is 4.98 Å². The van der Waals surface area contributed by atoms with E-state index in [2.05, 4.69) is 25.5 Å². The summed E-state index contributed by atoms with van der Waals surface area (Å²) >= 11 is 12.1. The first-order valence-corrected chi connectivity index (χ1v) is 10.1. The summed E-state index contributed by atoms with van der Waals surface area (Å²) < 4.78 is 0. The van der Waals surface area contributed by atoms with Gasteiger partial charge in [0.1, 0.15) is 5.69 Å². The molecule has 0 spiro atoms. The number of hydrogen-bond donors (Lipinski definition) is 2. The van der Waals surface area contributed by atoms with Gasteiger partial charge in [-0.15, -0.1) is 0 Å². The van der Waals surface area contributed by atoms with E-state index in [9.17, 15) is 4.79 Å². The first kappa shape index (κ1) is 19.5. The van der Waals surface area contributed by atoms with Crippen LogP contribution in [0.25, 0.3) is 11.3 Å². The molecule has 0 saturated carbocycles. The standard InChI is InChI=1S/C21H19Cl2N5O/c22-15-6-7-17(23)18(13-15)27-21(29)26-16-5-3-4-14(12-16)19-20(25-9-8-24-19)28-10-1-2-11-28/h3-9,12-13H,1-2,10-11H2,(H2,26,27,29). The van der Waals surface area contributed by atoms with Gasteiger partial charge in [-0.05, 0) is 43.2 Å². The van der Waals surface area contributed by atoms with Crippen molar-refractivity contribution in [3.05, 3.63) is 64.9 Å². The number of anilines is 3. The molecule has 2 aromatic carbocycles. The normalized spacial score (nSPS) is 13.4. The number of aromatic nitrogens is 2. The molecule has 0 atom stereocenters. The molecule has 4 rings (SSSR count). The molecule has 29 heavy (non-hydrogen) atoms. The predicted octanol–water partition coefficient (Wildman–Crippen LogP) is 5.69. The van der Waals surface area contributed by atoms with Crippen LogP contribution in [-0.2, 0) is 0 Å². The summed E-state index contributed by atoms with van der Waals surface area (Å²) in [6.45, 7) is 1.96. The van der Waals surface area contributed by atoms with E-state index < -0.39 is 6.03 Å². The van der Waals surface area contributed by atoms with Crippen LogP contribution in [0.3, 0.4) is 0 Å². The van der Waals surface area contributed by atoms with Crippen LogP contribution in [0.15, 0.2) is 54.9 Å². The highest BCUT2D eigenvalue weighted by molar-refractivity contribution is 6.35. The van der Waals surface area contributed by atoms with Crippen molar-refractivity contribution in [2.45, 2.75) is 12.8 Å². The molecule has 0 aliphatic carbocycles. The second-order valence-electron chi connectivity index (χ2n) is 6.71. The first-order chi connectivity index (χ1) is 14.1. The molecular formula is C21H19Cl2N5O. The van der Waals surface area contributed by atoms with Crippen molar-refractivity contribution in [1.82, 2.24) is 9.97 Å². The summed E-state index contributed by atoms with van der Waals surface area (Å²) in [7, 11) is 0. The molecule has 0 unspecified atom stereocenters. The largest absolute Gasteiger partial charge is 0.355 e. The number of benzene rings is 2. The number of urea groups is 1. The van der Waals surface area contributed by atoms with Crippen LogP contribution in [0.2, 0.25) is 10.0 Å². The van der Waals surface area contributed by atoms with Gasteiger partial charge < -0.3 is 15.5 Å². The SMILES string of the molecule is O=C(Nc1cccc(-c2nccnc2N2CCCC2)c1)Nc1cc(Cl)ccc1Cl. The van der Waals surface area contributed by atoms with Gasteiger partial charge in [0.2, 0.25) is 0 Å². The second-order valence-corrected chi connectivity index (χ2v) is 7.55. The number of hydrogen-bond acceptors (Lipinski definition) is 4. The van der Waals surface area contributed by atoms with Crippen molar-refractivity contribution >= 4 is 46.4 Å². The molecule has 3 aromatic rings. The Balaban J connectivity index is 1.54. The number of amides is 2. The van der Waals surface area contributed by atoms with Gasteiger partial charge in [0.15, 0.2) is 5.82 Å². The number of halogens is 2. The molecule has 6 nitrogen and oxygen atoms in total. The van der Waals surface area contributed by atoms with Gasteiger partial charge in [-0.25, -0.2) is 9.78 Å². The summed E-state index contributed by atoms with van der Waals surface area (Å²) in [5.74, 6) is 0.873. The lowest BCUT2D eigenvalue weighted by Crippen LogP contribution is -2.20. The molecule has 1 aliphatic rings. The van der Waals surface area contributed by atoms with Gasteiger partial charge in [0, 0.05) is 41.8 Å². The Morgan fingerprint density at radius 2 is 1.76 bits per heavy atom. The maximum atomic E-state index is 12.4. The quantitative estimate of drug-likeness (QED) is 0.560. The second kappa shape index (κ2) is 8.68. The molecule has 0 radical (unpaired) electrons. The van der Waals surface area contributed by atoms with Gasteiger partial charge in [-0.1, -0.05) is 35.3 Å². The number of carbonyl (C=O) groups excluding carboxylic acids is 1. The number of rotatable bonds is 4. The van der Waals surface area contributed by atoms with Crippen LogP contribution >= 0.6 is 23.2 Å². The fourth-order valence-corrected chi connectivity index (χ4v) is 3.65. The van der Waals surface area contributed by atoms with E-state index in [-0.39, 0.29) is 0 Å². The van der Waals surface area contributed by atoms with Crippen molar-refractivity contribution in [2.75, 3.05) is 28.6 Å². The molecule has 1 aromatic heterocycles. The fourth-order valence-electron chi connectivity index (χ4n) is 3.32. The highest BCUT2D eigenvalue weighted by Crippen LogP contribution is 2.30. The maximum absolute atomic E-state index is 12.4. The molecule has 1 aliphatic heterocycles. The zero-order chi connectivity index (χ0) is 20.2. The number of carbonyl (C=O) groups is 1. The summed E-state index contributed by atoms with van der Waals surface area (Å²) in [4.78, 5) is 23.7. The molecule has 1 saturated heterocycles. The van der Waals surface area contributed by atoms with E-state index in [4.69, 9.17) is 23.2 Å².